The van der Waals surface area contributed by atoms with E-state index in [1.165, 1.54) is 0 Å². The highest BCUT2D eigenvalue weighted by Gasteiger charge is 2.18. The van der Waals surface area contributed by atoms with Crippen molar-refractivity contribution in [2.45, 2.75) is 31.8 Å². The number of nitrogens with one attached hydrogen (secondary N) is 1. The van der Waals surface area contributed by atoms with Crippen LogP contribution in [0.25, 0.3) is 0 Å². The molecule has 1 heterocycles. The largest absolute Gasteiger partial charge is 0.397 e. The van der Waals surface area contributed by atoms with Crippen LogP contribution >= 0.6 is 0 Å². The van der Waals surface area contributed by atoms with E-state index >= 15 is 0 Å². The molecule has 0 saturated carbocycles. The SMILES string of the molecule is Nc1cc(F)cc(F)c1NC(=O)CCC1CCCO1. The molecule has 1 unspecified atom stereocenters. The Balaban J connectivity index is 1.91. The predicted octanol–water partition coefficient (Wildman–Crippen LogP) is 2.44. The Kier molecular flexibility index (Phi) is 4.31. The number of halogens is 2. The Morgan fingerprint density at radius 3 is 2.89 bits per heavy atom. The Labute approximate surface area is 109 Å². The zero-order chi connectivity index (χ0) is 13.8. The number of benzene rings is 1. The second kappa shape index (κ2) is 5.97. The third kappa shape index (κ3) is 3.64. The Bertz CT molecular complexity index is 451. The van der Waals surface area contributed by atoms with Crippen molar-refractivity contribution < 1.29 is 18.3 Å². The van der Waals surface area contributed by atoms with E-state index in [4.69, 9.17) is 10.5 Å². The lowest BCUT2D eigenvalue weighted by Crippen LogP contribution is -2.17. The summed E-state index contributed by atoms with van der Waals surface area (Å²) in [4.78, 5) is 11.7. The standard InChI is InChI=1S/C13H16F2N2O2/c14-8-6-10(15)13(11(16)7-8)17-12(18)4-3-9-2-1-5-19-9/h6-7,9H,1-5,16H2,(H,17,18). The molecule has 1 saturated heterocycles. The van der Waals surface area contributed by atoms with E-state index in [-0.39, 0.29) is 29.8 Å². The minimum Gasteiger partial charge on any atom is -0.397 e. The van der Waals surface area contributed by atoms with Crippen LogP contribution in [-0.2, 0) is 9.53 Å². The molecule has 4 nitrogen and oxygen atoms in total. The first-order chi connectivity index (χ1) is 9.06. The van der Waals surface area contributed by atoms with Crippen molar-refractivity contribution >= 4 is 17.3 Å². The second-order valence-electron chi connectivity index (χ2n) is 4.57. The summed E-state index contributed by atoms with van der Waals surface area (Å²) in [5.41, 5.74) is 5.18. The zero-order valence-corrected chi connectivity index (χ0v) is 10.4. The van der Waals surface area contributed by atoms with Crippen molar-refractivity contribution in [3.63, 3.8) is 0 Å². The molecule has 2 rings (SSSR count). The normalized spacial score (nSPS) is 18.5. The van der Waals surface area contributed by atoms with Gasteiger partial charge in [-0.3, -0.25) is 4.79 Å². The lowest BCUT2D eigenvalue weighted by Gasteiger charge is -2.11. The third-order valence-electron chi connectivity index (χ3n) is 3.07. The number of amides is 1. The molecule has 104 valence electrons. The van der Waals surface area contributed by atoms with E-state index < -0.39 is 11.6 Å². The van der Waals surface area contributed by atoms with Crippen LogP contribution in [0.5, 0.6) is 0 Å². The highest BCUT2D eigenvalue weighted by atomic mass is 19.1. The van der Waals surface area contributed by atoms with Crippen LogP contribution in [0.4, 0.5) is 20.2 Å². The molecule has 0 bridgehead atoms. The smallest absolute Gasteiger partial charge is 0.224 e. The van der Waals surface area contributed by atoms with Crippen molar-refractivity contribution in [1.29, 1.82) is 0 Å². The minimum absolute atomic E-state index is 0.0983. The first-order valence-electron chi connectivity index (χ1n) is 6.22. The van der Waals surface area contributed by atoms with E-state index in [1.54, 1.807) is 0 Å². The number of anilines is 2. The Morgan fingerprint density at radius 2 is 2.26 bits per heavy atom. The van der Waals surface area contributed by atoms with E-state index in [0.29, 0.717) is 12.5 Å². The summed E-state index contributed by atoms with van der Waals surface area (Å²) >= 11 is 0. The lowest BCUT2D eigenvalue weighted by atomic mass is 10.1. The fraction of sp³-hybridized carbons (Fsp3) is 0.462. The zero-order valence-electron chi connectivity index (χ0n) is 10.4. The maximum atomic E-state index is 13.5. The summed E-state index contributed by atoms with van der Waals surface area (Å²) < 4.78 is 31.7. The number of hydrogen-bond donors (Lipinski definition) is 2. The van der Waals surface area contributed by atoms with Gasteiger partial charge in [0.25, 0.3) is 0 Å². The number of nitrogens with two attached hydrogens (primary N) is 1. The van der Waals surface area contributed by atoms with Gasteiger partial charge in [0, 0.05) is 19.1 Å². The van der Waals surface area contributed by atoms with Crippen molar-refractivity contribution in [2.24, 2.45) is 0 Å². The molecule has 6 heteroatoms. The van der Waals surface area contributed by atoms with Gasteiger partial charge in [-0.05, 0) is 25.3 Å². The summed E-state index contributed by atoms with van der Waals surface area (Å²) in [7, 11) is 0. The summed E-state index contributed by atoms with van der Waals surface area (Å²) in [6.07, 6.45) is 2.86. The van der Waals surface area contributed by atoms with Crippen LogP contribution in [0, 0.1) is 11.6 Å². The van der Waals surface area contributed by atoms with Gasteiger partial charge in [0.1, 0.15) is 11.5 Å². The number of nitrogen functional groups attached to an aromatic ring is 1. The van der Waals surface area contributed by atoms with Gasteiger partial charge in [-0.1, -0.05) is 0 Å². The number of carbonyl (C=O) groups is 1. The van der Waals surface area contributed by atoms with Crippen molar-refractivity contribution in [1.82, 2.24) is 0 Å². The molecule has 0 spiro atoms. The van der Waals surface area contributed by atoms with Gasteiger partial charge in [-0.2, -0.15) is 0 Å². The van der Waals surface area contributed by atoms with Crippen LogP contribution in [0.1, 0.15) is 25.7 Å². The number of hydrogen-bond acceptors (Lipinski definition) is 3. The van der Waals surface area contributed by atoms with Gasteiger partial charge in [-0.25, -0.2) is 8.78 Å². The Hall–Kier alpha value is -1.69. The number of rotatable bonds is 4. The second-order valence-corrected chi connectivity index (χ2v) is 4.57. The van der Waals surface area contributed by atoms with Crippen LogP contribution < -0.4 is 11.1 Å². The molecule has 1 amide bonds. The summed E-state index contributed by atoms with van der Waals surface area (Å²) in [6.45, 7) is 0.728. The van der Waals surface area contributed by atoms with Gasteiger partial charge in [0.05, 0.1) is 11.8 Å². The molecule has 1 fully saturated rings. The van der Waals surface area contributed by atoms with Crippen LogP contribution in [0.2, 0.25) is 0 Å². The molecule has 1 aliphatic rings. The van der Waals surface area contributed by atoms with Gasteiger partial charge in [0.2, 0.25) is 5.91 Å². The average molecular weight is 270 g/mol. The molecule has 0 aliphatic carbocycles. The first-order valence-corrected chi connectivity index (χ1v) is 6.22. The van der Waals surface area contributed by atoms with Gasteiger partial charge < -0.3 is 15.8 Å². The molecule has 0 aromatic heterocycles. The summed E-state index contributed by atoms with van der Waals surface area (Å²) in [6, 6.07) is 1.66. The van der Waals surface area contributed by atoms with E-state index in [9.17, 15) is 13.6 Å². The molecule has 0 radical (unpaired) electrons. The van der Waals surface area contributed by atoms with Crippen LogP contribution in [0.15, 0.2) is 12.1 Å². The summed E-state index contributed by atoms with van der Waals surface area (Å²) in [5, 5.41) is 2.37. The molecular formula is C13H16F2N2O2. The maximum Gasteiger partial charge on any atom is 0.224 e. The number of ether oxygens (including phenoxy) is 1. The molecule has 1 aliphatic heterocycles. The summed E-state index contributed by atoms with van der Waals surface area (Å²) in [5.74, 6) is -2.00. The maximum absolute atomic E-state index is 13.5. The highest BCUT2D eigenvalue weighted by Crippen LogP contribution is 2.24. The van der Waals surface area contributed by atoms with Gasteiger partial charge >= 0.3 is 0 Å². The number of carbonyl (C=O) groups excluding carboxylic acids is 1. The molecule has 3 N–H and O–H groups in total. The molecule has 1 aromatic carbocycles. The monoisotopic (exact) mass is 270 g/mol. The average Bonchev–Trinajstić information content (AvgIpc) is 2.84. The lowest BCUT2D eigenvalue weighted by molar-refractivity contribution is -0.116. The van der Waals surface area contributed by atoms with E-state index in [2.05, 4.69) is 5.32 Å². The first kappa shape index (κ1) is 13.7. The van der Waals surface area contributed by atoms with Crippen molar-refractivity contribution in [2.75, 3.05) is 17.7 Å². The predicted molar refractivity (Wildman–Crippen MR) is 67.6 cm³/mol. The van der Waals surface area contributed by atoms with Crippen molar-refractivity contribution in [3.05, 3.63) is 23.8 Å². The quantitative estimate of drug-likeness (QED) is 0.826. The fourth-order valence-electron chi connectivity index (χ4n) is 2.09. The third-order valence-corrected chi connectivity index (χ3v) is 3.07. The van der Waals surface area contributed by atoms with E-state index in [0.717, 1.165) is 25.5 Å². The fourth-order valence-corrected chi connectivity index (χ4v) is 2.09. The topological polar surface area (TPSA) is 64.3 Å². The van der Waals surface area contributed by atoms with Gasteiger partial charge in [-0.15, -0.1) is 0 Å². The van der Waals surface area contributed by atoms with Gasteiger partial charge in [0.15, 0.2) is 5.82 Å². The Morgan fingerprint density at radius 1 is 1.47 bits per heavy atom. The van der Waals surface area contributed by atoms with Crippen LogP contribution in [-0.4, -0.2) is 18.6 Å². The molecule has 1 atom stereocenters. The highest BCUT2D eigenvalue weighted by molar-refractivity contribution is 5.93. The molecule has 19 heavy (non-hydrogen) atoms. The van der Waals surface area contributed by atoms with E-state index in [1.807, 2.05) is 0 Å². The molecule has 1 aromatic rings. The molecular weight excluding hydrogens is 254 g/mol. The van der Waals surface area contributed by atoms with Crippen molar-refractivity contribution in [3.8, 4) is 0 Å². The van der Waals surface area contributed by atoms with Crippen LogP contribution in [0.3, 0.4) is 0 Å². The minimum atomic E-state index is -0.872.